The zero-order valence-electron chi connectivity index (χ0n) is 15.6. The number of hydrogen-bond acceptors (Lipinski definition) is 6. The van der Waals surface area contributed by atoms with Gasteiger partial charge in [-0.25, -0.2) is 14.1 Å². The Labute approximate surface area is 173 Å². The molecule has 1 N–H and O–H groups in total. The average molecular weight is 421 g/mol. The second-order valence-corrected chi connectivity index (χ2v) is 6.44. The van der Waals surface area contributed by atoms with Crippen LogP contribution in [0, 0.1) is 15.9 Å². The molecule has 1 aliphatic rings. The molecule has 0 saturated carbocycles. The molecule has 31 heavy (non-hydrogen) atoms. The molecule has 9 nitrogen and oxygen atoms in total. The van der Waals surface area contributed by atoms with Gasteiger partial charge in [-0.1, -0.05) is 0 Å². The number of amides is 4. The van der Waals surface area contributed by atoms with Crippen LogP contribution in [0.25, 0.3) is 17.4 Å². The Morgan fingerprint density at radius 2 is 1.65 bits per heavy atom. The first kappa shape index (κ1) is 19.7. The number of non-ortho nitro benzene ring substituents is 1. The monoisotopic (exact) mass is 421 g/mol. The van der Waals surface area contributed by atoms with Crippen molar-refractivity contribution in [3.63, 3.8) is 0 Å². The molecule has 0 unspecified atom stereocenters. The van der Waals surface area contributed by atoms with Crippen LogP contribution >= 0.6 is 0 Å². The van der Waals surface area contributed by atoms with Crippen LogP contribution in [-0.2, 0) is 9.59 Å². The number of nitro groups is 1. The number of furan rings is 1. The van der Waals surface area contributed by atoms with Crippen LogP contribution in [-0.4, -0.2) is 22.8 Å². The fourth-order valence-corrected chi connectivity index (χ4v) is 2.96. The van der Waals surface area contributed by atoms with Crippen molar-refractivity contribution in [2.45, 2.75) is 0 Å². The van der Waals surface area contributed by atoms with Gasteiger partial charge in [-0.3, -0.25) is 25.0 Å². The van der Waals surface area contributed by atoms with Gasteiger partial charge in [-0.15, -0.1) is 0 Å². The Morgan fingerprint density at radius 1 is 0.968 bits per heavy atom. The highest BCUT2D eigenvalue weighted by atomic mass is 19.1. The van der Waals surface area contributed by atoms with Gasteiger partial charge < -0.3 is 4.42 Å². The third-order valence-electron chi connectivity index (χ3n) is 4.46. The van der Waals surface area contributed by atoms with Gasteiger partial charge in [0.1, 0.15) is 22.9 Å². The summed E-state index contributed by atoms with van der Waals surface area (Å²) in [5.74, 6) is -1.83. The number of hydrogen-bond donors (Lipinski definition) is 1. The number of halogens is 1. The van der Waals surface area contributed by atoms with Crippen LogP contribution in [0.3, 0.4) is 0 Å². The zero-order chi connectivity index (χ0) is 22.1. The molecule has 2 aromatic carbocycles. The van der Waals surface area contributed by atoms with Gasteiger partial charge in [-0.05, 0) is 54.6 Å². The van der Waals surface area contributed by atoms with Crippen LogP contribution in [0.15, 0.2) is 70.7 Å². The predicted octanol–water partition coefficient (Wildman–Crippen LogP) is 3.66. The lowest BCUT2D eigenvalue weighted by molar-refractivity contribution is -0.384. The van der Waals surface area contributed by atoms with Gasteiger partial charge in [0.15, 0.2) is 0 Å². The minimum absolute atomic E-state index is 0.0762. The van der Waals surface area contributed by atoms with Crippen molar-refractivity contribution in [3.05, 3.63) is 87.9 Å². The molecule has 10 heteroatoms. The summed E-state index contributed by atoms with van der Waals surface area (Å²) in [7, 11) is 0. The maximum absolute atomic E-state index is 13.2. The van der Waals surface area contributed by atoms with E-state index in [2.05, 4.69) is 5.32 Å². The summed E-state index contributed by atoms with van der Waals surface area (Å²) >= 11 is 0. The fraction of sp³-hybridized carbons (Fsp3) is 0. The number of carbonyl (C=O) groups excluding carboxylic acids is 3. The fourth-order valence-electron chi connectivity index (χ4n) is 2.96. The average Bonchev–Trinajstić information content (AvgIpc) is 3.21. The number of anilines is 1. The highest BCUT2D eigenvalue weighted by Gasteiger charge is 2.37. The maximum Gasteiger partial charge on any atom is 0.335 e. The van der Waals surface area contributed by atoms with E-state index in [4.69, 9.17) is 4.42 Å². The Balaban J connectivity index is 1.63. The van der Waals surface area contributed by atoms with E-state index >= 15 is 0 Å². The molecule has 4 rings (SSSR count). The highest BCUT2D eigenvalue weighted by molar-refractivity contribution is 6.39. The predicted molar refractivity (Wildman–Crippen MR) is 106 cm³/mol. The van der Waals surface area contributed by atoms with E-state index in [0.717, 1.165) is 12.1 Å². The van der Waals surface area contributed by atoms with Crippen LogP contribution < -0.4 is 10.2 Å². The number of carbonyl (C=O) groups is 3. The molecule has 2 heterocycles. The SMILES string of the molecule is O=C1NC(=O)N(c2ccc(F)cc2)C(=O)/C1=C\c1ccc(-c2ccc([N+](=O)[O-])cc2)o1. The standard InChI is InChI=1S/C21H12FN3O6/c22-13-3-7-14(8-4-13)24-20(27)17(19(26)23-21(24)28)11-16-9-10-18(31-16)12-1-5-15(6-2-12)25(29)30/h1-11H,(H,23,26,28)/b17-11-. The number of nitrogens with one attached hydrogen (secondary N) is 1. The molecule has 1 aromatic heterocycles. The first-order chi connectivity index (χ1) is 14.8. The minimum Gasteiger partial charge on any atom is -0.457 e. The normalized spacial score (nSPS) is 15.3. The smallest absolute Gasteiger partial charge is 0.335 e. The summed E-state index contributed by atoms with van der Waals surface area (Å²) in [6.07, 6.45) is 1.18. The number of urea groups is 1. The third-order valence-corrected chi connectivity index (χ3v) is 4.46. The molecule has 0 aliphatic carbocycles. The highest BCUT2D eigenvalue weighted by Crippen LogP contribution is 2.27. The van der Waals surface area contributed by atoms with Crippen molar-refractivity contribution < 1.29 is 28.1 Å². The molecular formula is C21H12FN3O6. The van der Waals surface area contributed by atoms with E-state index < -0.39 is 28.6 Å². The van der Waals surface area contributed by atoms with Crippen LogP contribution in [0.2, 0.25) is 0 Å². The van der Waals surface area contributed by atoms with Crippen LogP contribution in [0.5, 0.6) is 0 Å². The van der Waals surface area contributed by atoms with Crippen molar-refractivity contribution in [1.82, 2.24) is 5.32 Å². The van der Waals surface area contributed by atoms with Crippen molar-refractivity contribution in [2.24, 2.45) is 0 Å². The molecule has 0 radical (unpaired) electrons. The van der Waals surface area contributed by atoms with E-state index in [1.165, 1.54) is 48.5 Å². The maximum atomic E-state index is 13.2. The van der Waals surface area contributed by atoms with Crippen LogP contribution in [0.1, 0.15) is 5.76 Å². The lowest BCUT2D eigenvalue weighted by Gasteiger charge is -2.26. The topological polar surface area (TPSA) is 123 Å². The number of imide groups is 2. The summed E-state index contributed by atoms with van der Waals surface area (Å²) in [4.78, 5) is 48.1. The van der Waals surface area contributed by atoms with Crippen molar-refractivity contribution >= 4 is 35.3 Å². The molecule has 0 bridgehead atoms. The number of barbiturate groups is 1. The summed E-state index contributed by atoms with van der Waals surface area (Å²) in [5.41, 5.74) is 0.215. The first-order valence-electron chi connectivity index (χ1n) is 8.85. The van der Waals surface area contributed by atoms with Gasteiger partial charge in [0.25, 0.3) is 17.5 Å². The van der Waals surface area contributed by atoms with E-state index in [1.54, 1.807) is 6.07 Å². The van der Waals surface area contributed by atoms with Gasteiger partial charge >= 0.3 is 6.03 Å². The van der Waals surface area contributed by atoms with Crippen molar-refractivity contribution in [3.8, 4) is 11.3 Å². The Kier molecular flexibility index (Phi) is 4.88. The van der Waals surface area contributed by atoms with Gasteiger partial charge in [0.05, 0.1) is 10.6 Å². The largest absolute Gasteiger partial charge is 0.457 e. The molecule has 1 aliphatic heterocycles. The second-order valence-electron chi connectivity index (χ2n) is 6.44. The van der Waals surface area contributed by atoms with E-state index in [0.29, 0.717) is 16.2 Å². The molecule has 0 atom stereocenters. The second kappa shape index (κ2) is 7.67. The molecule has 3 aromatic rings. The van der Waals surface area contributed by atoms with Crippen LogP contribution in [0.4, 0.5) is 20.6 Å². The summed E-state index contributed by atoms with van der Waals surface area (Å²) in [6, 6.07) is 12.4. The Morgan fingerprint density at radius 3 is 2.29 bits per heavy atom. The molecule has 4 amide bonds. The summed E-state index contributed by atoms with van der Waals surface area (Å²) in [5, 5.41) is 12.8. The summed E-state index contributed by atoms with van der Waals surface area (Å²) < 4.78 is 18.8. The first-order valence-corrected chi connectivity index (χ1v) is 8.85. The molecule has 154 valence electrons. The molecule has 1 fully saturated rings. The molecule has 1 saturated heterocycles. The number of nitro benzene ring substituents is 1. The van der Waals surface area contributed by atoms with Gasteiger partial charge in [0.2, 0.25) is 0 Å². The quantitative estimate of drug-likeness (QED) is 0.297. The number of nitrogens with zero attached hydrogens (tertiary/aromatic N) is 2. The van der Waals surface area contributed by atoms with Crippen molar-refractivity contribution in [1.29, 1.82) is 0 Å². The number of benzene rings is 2. The van der Waals surface area contributed by atoms with E-state index in [1.807, 2.05) is 0 Å². The third kappa shape index (κ3) is 3.81. The molecular weight excluding hydrogens is 409 g/mol. The lowest BCUT2D eigenvalue weighted by atomic mass is 10.1. The summed E-state index contributed by atoms with van der Waals surface area (Å²) in [6.45, 7) is 0. The Hall–Kier alpha value is -4.60. The Bertz CT molecular complexity index is 1240. The van der Waals surface area contributed by atoms with E-state index in [-0.39, 0.29) is 22.7 Å². The zero-order valence-corrected chi connectivity index (χ0v) is 15.6. The van der Waals surface area contributed by atoms with Gasteiger partial charge in [-0.2, -0.15) is 0 Å². The van der Waals surface area contributed by atoms with Crippen molar-refractivity contribution in [2.75, 3.05) is 4.90 Å². The minimum atomic E-state index is -0.954. The van der Waals surface area contributed by atoms with Gasteiger partial charge in [0, 0.05) is 17.7 Å². The number of rotatable bonds is 4. The van der Waals surface area contributed by atoms with E-state index in [9.17, 15) is 28.9 Å². The molecule has 0 spiro atoms. The lowest BCUT2D eigenvalue weighted by Crippen LogP contribution is -2.54.